The molecule has 0 aliphatic carbocycles. The van der Waals surface area contributed by atoms with Gasteiger partial charge in [-0.25, -0.2) is 13.4 Å². The minimum Gasteiger partial charge on any atom is -0.298 e. The summed E-state index contributed by atoms with van der Waals surface area (Å²) >= 11 is 1.35. The van der Waals surface area contributed by atoms with E-state index < -0.39 is 10.0 Å². The molecule has 0 aliphatic rings. The Morgan fingerprint density at radius 2 is 1.77 bits per heavy atom. The number of nitrogens with zero attached hydrogens (tertiary/aromatic N) is 2. The van der Waals surface area contributed by atoms with Crippen molar-refractivity contribution in [2.45, 2.75) is 38.6 Å². The molecule has 0 saturated heterocycles. The molecule has 158 valence electrons. The zero-order valence-electron chi connectivity index (χ0n) is 17.6. The Balaban J connectivity index is 1.76. The first kappa shape index (κ1) is 22.1. The van der Waals surface area contributed by atoms with Crippen molar-refractivity contribution in [2.75, 3.05) is 12.4 Å². The van der Waals surface area contributed by atoms with E-state index in [-0.39, 0.29) is 16.8 Å². The number of nitrogens with one attached hydrogen (secondary N) is 1. The van der Waals surface area contributed by atoms with E-state index in [1.54, 1.807) is 13.8 Å². The largest absolute Gasteiger partial charge is 0.298 e. The van der Waals surface area contributed by atoms with Gasteiger partial charge in [0.05, 0.1) is 10.6 Å². The van der Waals surface area contributed by atoms with Gasteiger partial charge >= 0.3 is 0 Å². The second-order valence-corrected chi connectivity index (χ2v) is 10.3. The lowest BCUT2D eigenvalue weighted by Gasteiger charge is -2.20. The Kier molecular flexibility index (Phi) is 6.40. The lowest BCUT2D eigenvalue weighted by atomic mass is 10.0. The SMILES string of the molecule is Cc1ccc(C)c(-c2csc(NC(=O)c3ccc(S(=O)(=O)N(C)C(C)C)cc3)n2)c1. The van der Waals surface area contributed by atoms with Gasteiger partial charge in [0.25, 0.3) is 5.91 Å². The molecule has 0 saturated carbocycles. The summed E-state index contributed by atoms with van der Waals surface area (Å²) in [5.41, 5.74) is 4.48. The average molecular weight is 444 g/mol. The van der Waals surface area contributed by atoms with Gasteiger partial charge in [0, 0.05) is 29.6 Å². The van der Waals surface area contributed by atoms with Crippen molar-refractivity contribution in [3.05, 3.63) is 64.5 Å². The Morgan fingerprint density at radius 1 is 1.10 bits per heavy atom. The molecular formula is C22H25N3O3S2. The number of rotatable bonds is 6. The number of aryl methyl sites for hydroxylation is 2. The molecule has 1 heterocycles. The maximum absolute atomic E-state index is 12.6. The Bertz CT molecular complexity index is 1170. The number of benzene rings is 2. The first-order valence-electron chi connectivity index (χ1n) is 9.52. The Labute approximate surface area is 181 Å². The molecule has 8 heteroatoms. The molecule has 1 amide bonds. The van der Waals surface area contributed by atoms with E-state index in [9.17, 15) is 13.2 Å². The minimum absolute atomic E-state index is 0.154. The van der Waals surface area contributed by atoms with Gasteiger partial charge < -0.3 is 0 Å². The number of hydrogen-bond acceptors (Lipinski definition) is 5. The van der Waals surface area contributed by atoms with Crippen LogP contribution in [0.15, 0.2) is 52.7 Å². The molecule has 0 aliphatic heterocycles. The van der Waals surface area contributed by atoms with Gasteiger partial charge in [-0.3, -0.25) is 10.1 Å². The highest BCUT2D eigenvalue weighted by Crippen LogP contribution is 2.28. The van der Waals surface area contributed by atoms with Crippen molar-refractivity contribution in [1.82, 2.24) is 9.29 Å². The second kappa shape index (κ2) is 8.67. The molecule has 0 fully saturated rings. The third-order valence-electron chi connectivity index (χ3n) is 4.91. The van der Waals surface area contributed by atoms with E-state index in [0.717, 1.165) is 22.4 Å². The lowest BCUT2D eigenvalue weighted by Crippen LogP contribution is -2.33. The molecule has 0 atom stereocenters. The molecule has 0 unspecified atom stereocenters. The quantitative estimate of drug-likeness (QED) is 0.598. The molecule has 0 bridgehead atoms. The van der Waals surface area contributed by atoms with Crippen LogP contribution >= 0.6 is 11.3 Å². The molecular weight excluding hydrogens is 418 g/mol. The molecule has 1 aromatic heterocycles. The van der Waals surface area contributed by atoms with E-state index in [0.29, 0.717) is 10.7 Å². The van der Waals surface area contributed by atoms with Crippen LogP contribution in [0.25, 0.3) is 11.3 Å². The van der Waals surface area contributed by atoms with Gasteiger partial charge in [-0.2, -0.15) is 4.31 Å². The highest BCUT2D eigenvalue weighted by Gasteiger charge is 2.23. The number of aromatic nitrogens is 1. The highest BCUT2D eigenvalue weighted by atomic mass is 32.2. The molecule has 2 aromatic carbocycles. The number of thiazole rings is 1. The Hall–Kier alpha value is -2.55. The van der Waals surface area contributed by atoms with E-state index >= 15 is 0 Å². The number of amides is 1. The predicted octanol–water partition coefficient (Wildman–Crippen LogP) is 4.71. The summed E-state index contributed by atoms with van der Waals surface area (Å²) in [6.45, 7) is 7.67. The normalized spacial score (nSPS) is 11.8. The van der Waals surface area contributed by atoms with Crippen LogP contribution in [0.1, 0.15) is 35.3 Å². The topological polar surface area (TPSA) is 79.4 Å². The van der Waals surface area contributed by atoms with Gasteiger partial charge in [-0.1, -0.05) is 17.7 Å². The average Bonchev–Trinajstić information content (AvgIpc) is 3.17. The van der Waals surface area contributed by atoms with E-state index in [4.69, 9.17) is 0 Å². The molecule has 1 N–H and O–H groups in total. The highest BCUT2D eigenvalue weighted by molar-refractivity contribution is 7.89. The molecule has 3 aromatic rings. The smallest absolute Gasteiger partial charge is 0.257 e. The monoisotopic (exact) mass is 443 g/mol. The zero-order valence-corrected chi connectivity index (χ0v) is 19.3. The lowest BCUT2D eigenvalue weighted by molar-refractivity contribution is 0.102. The van der Waals surface area contributed by atoms with Crippen LogP contribution in [-0.4, -0.2) is 36.7 Å². The van der Waals surface area contributed by atoms with Crippen LogP contribution in [0.4, 0.5) is 5.13 Å². The Morgan fingerprint density at radius 3 is 2.40 bits per heavy atom. The van der Waals surface area contributed by atoms with Crippen molar-refractivity contribution < 1.29 is 13.2 Å². The van der Waals surface area contributed by atoms with Crippen LogP contribution in [0.5, 0.6) is 0 Å². The summed E-state index contributed by atoms with van der Waals surface area (Å²) in [4.78, 5) is 17.3. The van der Waals surface area contributed by atoms with Crippen LogP contribution in [-0.2, 0) is 10.0 Å². The molecule has 30 heavy (non-hydrogen) atoms. The van der Waals surface area contributed by atoms with Gasteiger partial charge in [0.1, 0.15) is 0 Å². The van der Waals surface area contributed by atoms with Crippen molar-refractivity contribution in [1.29, 1.82) is 0 Å². The van der Waals surface area contributed by atoms with E-state index in [1.807, 2.05) is 19.2 Å². The first-order chi connectivity index (χ1) is 14.1. The van der Waals surface area contributed by atoms with E-state index in [2.05, 4.69) is 28.5 Å². The van der Waals surface area contributed by atoms with Gasteiger partial charge in [-0.05, 0) is 63.6 Å². The van der Waals surface area contributed by atoms with Gasteiger partial charge in [0.2, 0.25) is 10.0 Å². The summed E-state index contributed by atoms with van der Waals surface area (Å²) in [6.07, 6.45) is 0. The van der Waals surface area contributed by atoms with Gasteiger partial charge in [0.15, 0.2) is 5.13 Å². The van der Waals surface area contributed by atoms with Crippen LogP contribution in [0.3, 0.4) is 0 Å². The number of sulfonamides is 1. The maximum Gasteiger partial charge on any atom is 0.257 e. The zero-order chi connectivity index (χ0) is 22.1. The van der Waals surface area contributed by atoms with Crippen molar-refractivity contribution >= 4 is 32.4 Å². The van der Waals surface area contributed by atoms with Crippen molar-refractivity contribution in [3.63, 3.8) is 0 Å². The summed E-state index contributed by atoms with van der Waals surface area (Å²) in [7, 11) is -2.04. The van der Waals surface area contributed by atoms with Gasteiger partial charge in [-0.15, -0.1) is 11.3 Å². The summed E-state index contributed by atoms with van der Waals surface area (Å²) < 4.78 is 26.4. The molecule has 0 radical (unpaired) electrons. The van der Waals surface area contributed by atoms with Crippen LogP contribution in [0, 0.1) is 13.8 Å². The number of anilines is 1. The third kappa shape index (κ3) is 4.61. The number of carbonyl (C=O) groups excluding carboxylic acids is 1. The number of carbonyl (C=O) groups is 1. The van der Waals surface area contributed by atoms with Crippen LogP contribution in [0.2, 0.25) is 0 Å². The predicted molar refractivity (Wildman–Crippen MR) is 122 cm³/mol. The fourth-order valence-electron chi connectivity index (χ4n) is 2.86. The fourth-order valence-corrected chi connectivity index (χ4v) is 4.93. The first-order valence-corrected chi connectivity index (χ1v) is 11.8. The standard InChI is InChI=1S/C22H25N3O3S2/c1-14(2)25(5)30(27,28)18-10-8-17(9-11-18)21(26)24-22-23-20(13-29-22)19-12-15(3)6-7-16(19)4/h6-14H,1-5H3,(H,23,24,26). The fraction of sp³-hybridized carbons (Fsp3) is 0.273. The number of hydrogen-bond donors (Lipinski definition) is 1. The third-order valence-corrected chi connectivity index (χ3v) is 7.72. The maximum atomic E-state index is 12.6. The molecule has 6 nitrogen and oxygen atoms in total. The molecule has 3 rings (SSSR count). The summed E-state index contributed by atoms with van der Waals surface area (Å²) in [5, 5.41) is 5.19. The second-order valence-electron chi connectivity index (χ2n) is 7.45. The van der Waals surface area contributed by atoms with Crippen molar-refractivity contribution in [3.8, 4) is 11.3 Å². The molecule has 0 spiro atoms. The summed E-state index contributed by atoms with van der Waals surface area (Å²) in [5.74, 6) is -0.335. The van der Waals surface area contributed by atoms with Crippen molar-refractivity contribution in [2.24, 2.45) is 0 Å². The van der Waals surface area contributed by atoms with E-state index in [1.165, 1.54) is 47.0 Å². The summed E-state index contributed by atoms with van der Waals surface area (Å²) in [6, 6.07) is 11.9. The minimum atomic E-state index is -3.58. The van der Waals surface area contributed by atoms with Crippen LogP contribution < -0.4 is 5.32 Å².